The zero-order chi connectivity index (χ0) is 23.1. The second-order valence-electron chi connectivity index (χ2n) is 8.61. The standard InChI is InChI=1S/C24H31N5O3/c1-5-32-19-10-11-20(25-15-19)23(21-16-29(12-13-30)28-27-21)26-22(31)14-17-6-8-18(9-7-17)24(2,3)4/h6-11,15-16,23,30H,5,12-14H2,1-4H3,(H,26,31)/t23-/m0/s1. The van der Waals surface area contributed by atoms with E-state index in [1.54, 1.807) is 18.5 Å². The molecule has 0 saturated heterocycles. The van der Waals surface area contributed by atoms with Gasteiger partial charge >= 0.3 is 0 Å². The molecule has 8 heteroatoms. The van der Waals surface area contributed by atoms with E-state index in [1.165, 1.54) is 10.2 Å². The Bertz CT molecular complexity index is 1010. The quantitative estimate of drug-likeness (QED) is 0.534. The third-order valence-corrected chi connectivity index (χ3v) is 5.04. The van der Waals surface area contributed by atoms with Crippen LogP contribution in [-0.4, -0.2) is 44.2 Å². The van der Waals surface area contributed by atoms with E-state index < -0.39 is 6.04 Å². The van der Waals surface area contributed by atoms with Crippen LogP contribution in [0, 0.1) is 0 Å². The zero-order valence-corrected chi connectivity index (χ0v) is 19.1. The van der Waals surface area contributed by atoms with Gasteiger partial charge in [0.05, 0.1) is 44.3 Å². The van der Waals surface area contributed by atoms with Crippen LogP contribution in [0.2, 0.25) is 0 Å². The molecule has 0 aliphatic rings. The van der Waals surface area contributed by atoms with Crippen LogP contribution >= 0.6 is 0 Å². The summed E-state index contributed by atoms with van der Waals surface area (Å²) in [6.45, 7) is 9.21. The molecule has 0 fully saturated rings. The first-order valence-corrected chi connectivity index (χ1v) is 10.8. The van der Waals surface area contributed by atoms with E-state index in [4.69, 9.17) is 9.84 Å². The molecule has 8 nitrogen and oxygen atoms in total. The van der Waals surface area contributed by atoms with Crippen molar-refractivity contribution in [1.82, 2.24) is 25.3 Å². The lowest BCUT2D eigenvalue weighted by Gasteiger charge is -2.19. The summed E-state index contributed by atoms with van der Waals surface area (Å²) in [5.74, 6) is 0.509. The molecule has 32 heavy (non-hydrogen) atoms. The first-order valence-electron chi connectivity index (χ1n) is 10.8. The van der Waals surface area contributed by atoms with Crippen molar-refractivity contribution in [2.75, 3.05) is 13.2 Å². The molecule has 0 saturated carbocycles. The third kappa shape index (κ3) is 6.13. The van der Waals surface area contributed by atoms with Gasteiger partial charge in [-0.3, -0.25) is 9.78 Å². The van der Waals surface area contributed by atoms with E-state index in [9.17, 15) is 4.79 Å². The Morgan fingerprint density at radius 1 is 1.16 bits per heavy atom. The highest BCUT2D eigenvalue weighted by Crippen LogP contribution is 2.23. The van der Waals surface area contributed by atoms with Crippen LogP contribution in [-0.2, 0) is 23.2 Å². The van der Waals surface area contributed by atoms with Gasteiger partial charge in [0, 0.05) is 0 Å². The monoisotopic (exact) mass is 437 g/mol. The molecule has 1 amide bonds. The van der Waals surface area contributed by atoms with Crippen molar-refractivity contribution in [1.29, 1.82) is 0 Å². The summed E-state index contributed by atoms with van der Waals surface area (Å²) in [7, 11) is 0. The van der Waals surface area contributed by atoms with Gasteiger partial charge in [-0.2, -0.15) is 0 Å². The maximum Gasteiger partial charge on any atom is 0.225 e. The van der Waals surface area contributed by atoms with Crippen molar-refractivity contribution in [3.63, 3.8) is 0 Å². The highest BCUT2D eigenvalue weighted by atomic mass is 16.5. The van der Waals surface area contributed by atoms with Gasteiger partial charge in [-0.1, -0.05) is 50.3 Å². The Morgan fingerprint density at radius 2 is 1.91 bits per heavy atom. The number of pyridine rings is 1. The van der Waals surface area contributed by atoms with Crippen LogP contribution in [0.15, 0.2) is 48.8 Å². The molecule has 0 bridgehead atoms. The number of aliphatic hydroxyl groups is 1. The lowest BCUT2D eigenvalue weighted by Crippen LogP contribution is -2.31. The van der Waals surface area contributed by atoms with Crippen molar-refractivity contribution in [2.45, 2.75) is 52.1 Å². The fourth-order valence-corrected chi connectivity index (χ4v) is 3.29. The minimum Gasteiger partial charge on any atom is -0.492 e. The Labute approximate surface area is 188 Å². The maximum absolute atomic E-state index is 12.9. The van der Waals surface area contributed by atoms with Crippen LogP contribution in [0.5, 0.6) is 5.75 Å². The van der Waals surface area contributed by atoms with E-state index in [0.717, 1.165) is 5.56 Å². The molecule has 170 valence electrons. The summed E-state index contributed by atoms with van der Waals surface area (Å²) < 4.78 is 7.00. The van der Waals surface area contributed by atoms with Crippen LogP contribution in [0.25, 0.3) is 0 Å². The van der Waals surface area contributed by atoms with Crippen molar-refractivity contribution >= 4 is 5.91 Å². The van der Waals surface area contributed by atoms with Gasteiger partial charge < -0.3 is 15.2 Å². The summed E-state index contributed by atoms with van der Waals surface area (Å²) in [5.41, 5.74) is 3.38. The van der Waals surface area contributed by atoms with Crippen LogP contribution in [0.3, 0.4) is 0 Å². The predicted molar refractivity (Wildman–Crippen MR) is 121 cm³/mol. The van der Waals surface area contributed by atoms with Crippen molar-refractivity contribution in [2.24, 2.45) is 0 Å². The smallest absolute Gasteiger partial charge is 0.225 e. The predicted octanol–water partition coefficient (Wildman–Crippen LogP) is 2.81. The number of hydrogen-bond acceptors (Lipinski definition) is 6. The molecular weight excluding hydrogens is 406 g/mol. The highest BCUT2D eigenvalue weighted by molar-refractivity contribution is 5.79. The largest absolute Gasteiger partial charge is 0.492 e. The number of hydrogen-bond donors (Lipinski definition) is 2. The van der Waals surface area contributed by atoms with E-state index in [1.807, 2.05) is 25.1 Å². The third-order valence-electron chi connectivity index (χ3n) is 5.04. The first kappa shape index (κ1) is 23.4. The van der Waals surface area contributed by atoms with Gasteiger partial charge in [0.15, 0.2) is 0 Å². The Balaban J connectivity index is 1.78. The Kier molecular flexibility index (Phi) is 7.58. The van der Waals surface area contributed by atoms with E-state index in [-0.39, 0.29) is 24.3 Å². The minimum atomic E-state index is -0.570. The molecule has 2 N–H and O–H groups in total. The number of ether oxygens (including phenoxy) is 1. The summed E-state index contributed by atoms with van der Waals surface area (Å²) in [6.07, 6.45) is 3.57. The average molecular weight is 438 g/mol. The Hall–Kier alpha value is -3.26. The molecule has 1 atom stereocenters. The molecule has 0 aliphatic carbocycles. The van der Waals surface area contributed by atoms with E-state index in [0.29, 0.717) is 30.3 Å². The van der Waals surface area contributed by atoms with Crippen LogP contribution < -0.4 is 10.1 Å². The lowest BCUT2D eigenvalue weighted by molar-refractivity contribution is -0.121. The second kappa shape index (κ2) is 10.4. The summed E-state index contributed by atoms with van der Waals surface area (Å²) >= 11 is 0. The average Bonchev–Trinajstić information content (AvgIpc) is 3.21. The molecular formula is C24H31N5O3. The van der Waals surface area contributed by atoms with E-state index in [2.05, 4.69) is 53.5 Å². The molecule has 2 heterocycles. The number of nitrogens with zero attached hydrogens (tertiary/aromatic N) is 4. The number of carbonyl (C=O) groups is 1. The van der Waals surface area contributed by atoms with Gasteiger partial charge in [-0.05, 0) is 35.6 Å². The maximum atomic E-state index is 12.9. The molecule has 0 unspecified atom stereocenters. The number of rotatable bonds is 9. The van der Waals surface area contributed by atoms with Gasteiger partial charge in [0.1, 0.15) is 17.5 Å². The van der Waals surface area contributed by atoms with Crippen molar-refractivity contribution in [3.05, 3.63) is 71.3 Å². The second-order valence-corrected chi connectivity index (χ2v) is 8.61. The minimum absolute atomic E-state index is 0.0499. The van der Waals surface area contributed by atoms with Crippen molar-refractivity contribution < 1.29 is 14.6 Å². The number of benzene rings is 1. The highest BCUT2D eigenvalue weighted by Gasteiger charge is 2.22. The van der Waals surface area contributed by atoms with Gasteiger partial charge in [-0.15, -0.1) is 5.10 Å². The molecule has 0 aliphatic heterocycles. The lowest BCUT2D eigenvalue weighted by atomic mass is 9.86. The van der Waals surface area contributed by atoms with Crippen molar-refractivity contribution in [3.8, 4) is 5.75 Å². The van der Waals surface area contributed by atoms with Gasteiger partial charge in [-0.25, -0.2) is 4.68 Å². The fraction of sp³-hybridized carbons (Fsp3) is 0.417. The van der Waals surface area contributed by atoms with Crippen LogP contribution in [0.1, 0.15) is 56.3 Å². The number of aromatic nitrogens is 4. The molecule has 0 spiro atoms. The molecule has 0 radical (unpaired) electrons. The first-order chi connectivity index (χ1) is 15.3. The summed E-state index contributed by atoms with van der Waals surface area (Å²) in [5, 5.41) is 20.4. The fourth-order valence-electron chi connectivity index (χ4n) is 3.29. The Morgan fingerprint density at radius 3 is 2.50 bits per heavy atom. The van der Waals surface area contributed by atoms with Gasteiger partial charge in [0.2, 0.25) is 5.91 Å². The SMILES string of the molecule is CCOc1ccc([C@H](NC(=O)Cc2ccc(C(C)(C)C)cc2)c2cn(CCO)nn2)nc1. The summed E-state index contributed by atoms with van der Waals surface area (Å²) in [6, 6.07) is 11.2. The zero-order valence-electron chi connectivity index (χ0n) is 19.1. The topological polar surface area (TPSA) is 102 Å². The van der Waals surface area contributed by atoms with Crippen LogP contribution in [0.4, 0.5) is 0 Å². The summed E-state index contributed by atoms with van der Waals surface area (Å²) in [4.78, 5) is 17.4. The normalized spacial score (nSPS) is 12.4. The molecule has 2 aromatic heterocycles. The number of aliphatic hydroxyl groups excluding tert-OH is 1. The van der Waals surface area contributed by atoms with E-state index >= 15 is 0 Å². The molecule has 1 aromatic carbocycles. The number of amides is 1. The van der Waals surface area contributed by atoms with Gasteiger partial charge in [0.25, 0.3) is 0 Å². The molecule has 3 aromatic rings. The number of carbonyl (C=O) groups excluding carboxylic acids is 1. The molecule has 3 rings (SSSR count). The number of nitrogens with one attached hydrogen (secondary N) is 1.